The number of aromatic hydroxyl groups is 1. The van der Waals surface area contributed by atoms with E-state index in [1.807, 2.05) is 0 Å². The predicted molar refractivity (Wildman–Crippen MR) is 51.0 cm³/mol. The fraction of sp³-hybridized carbons (Fsp3) is 0.100. The number of aromatic nitrogens is 2. The summed E-state index contributed by atoms with van der Waals surface area (Å²) < 4.78 is 5.34. The maximum Gasteiger partial charge on any atom is 0.161 e. The molecule has 2 aromatic rings. The van der Waals surface area contributed by atoms with Crippen molar-refractivity contribution >= 4 is 0 Å². The van der Waals surface area contributed by atoms with E-state index >= 15 is 0 Å². The fourth-order valence-electron chi connectivity index (χ4n) is 1.10. The van der Waals surface area contributed by atoms with E-state index in [4.69, 9.17) is 4.74 Å². The molecule has 0 unspecified atom stereocenters. The van der Waals surface area contributed by atoms with E-state index in [1.54, 1.807) is 36.7 Å². The van der Waals surface area contributed by atoms with Crippen LogP contribution in [0.4, 0.5) is 0 Å². The molecule has 0 spiro atoms. The normalized spacial score (nSPS) is 10.0. The summed E-state index contributed by atoms with van der Waals surface area (Å²) in [6.07, 6.45) is 3.38. The number of H-pyrrole nitrogens is 1. The molecule has 0 fully saturated rings. The van der Waals surface area contributed by atoms with Crippen LogP contribution in [0.5, 0.6) is 11.5 Å². The number of nitrogens with one attached hydrogen (secondary N) is 1. The van der Waals surface area contributed by atoms with Crippen molar-refractivity contribution in [2.75, 3.05) is 0 Å². The lowest BCUT2D eigenvalue weighted by Gasteiger charge is -2.05. The topological polar surface area (TPSA) is 58.1 Å². The van der Waals surface area contributed by atoms with Crippen LogP contribution in [0.25, 0.3) is 0 Å². The van der Waals surface area contributed by atoms with Gasteiger partial charge in [-0.1, -0.05) is 12.1 Å². The Kier molecular flexibility index (Phi) is 2.36. The van der Waals surface area contributed by atoms with Crippen molar-refractivity contribution in [1.82, 2.24) is 9.97 Å². The molecule has 2 rings (SSSR count). The number of phenols is 1. The van der Waals surface area contributed by atoms with Crippen molar-refractivity contribution < 1.29 is 9.84 Å². The highest BCUT2D eigenvalue weighted by molar-refractivity contribution is 5.37. The first kappa shape index (κ1) is 8.62. The fourth-order valence-corrected chi connectivity index (χ4v) is 1.10. The third kappa shape index (κ3) is 1.85. The lowest BCUT2D eigenvalue weighted by molar-refractivity contribution is 0.281. The summed E-state index contributed by atoms with van der Waals surface area (Å²) >= 11 is 0. The van der Waals surface area contributed by atoms with Crippen LogP contribution in [-0.2, 0) is 6.61 Å². The molecule has 4 heteroatoms. The van der Waals surface area contributed by atoms with Gasteiger partial charge in [-0.15, -0.1) is 0 Å². The average Bonchev–Trinajstić information content (AvgIpc) is 2.69. The molecule has 4 nitrogen and oxygen atoms in total. The molecule has 2 N–H and O–H groups in total. The van der Waals surface area contributed by atoms with Crippen LogP contribution in [-0.4, -0.2) is 15.1 Å². The number of rotatable bonds is 3. The predicted octanol–water partition coefficient (Wildman–Crippen LogP) is 1.69. The molecule has 0 amide bonds. The zero-order valence-corrected chi connectivity index (χ0v) is 7.47. The van der Waals surface area contributed by atoms with Gasteiger partial charge in [0.1, 0.15) is 12.4 Å². The minimum Gasteiger partial charge on any atom is -0.504 e. The third-order valence-corrected chi connectivity index (χ3v) is 1.78. The van der Waals surface area contributed by atoms with Gasteiger partial charge < -0.3 is 14.8 Å². The van der Waals surface area contributed by atoms with Gasteiger partial charge in [-0.25, -0.2) is 4.98 Å². The van der Waals surface area contributed by atoms with Crippen LogP contribution < -0.4 is 4.74 Å². The second-order valence-electron chi connectivity index (χ2n) is 2.79. The molecular weight excluding hydrogens is 180 g/mol. The Morgan fingerprint density at radius 3 is 2.93 bits per heavy atom. The SMILES string of the molecule is Oc1ccccc1OCc1ncc[nH]1. The summed E-state index contributed by atoms with van der Waals surface area (Å²) in [6.45, 7) is 0.324. The second-order valence-corrected chi connectivity index (χ2v) is 2.79. The number of hydrogen-bond donors (Lipinski definition) is 2. The van der Waals surface area contributed by atoms with Crippen LogP contribution >= 0.6 is 0 Å². The van der Waals surface area contributed by atoms with E-state index in [9.17, 15) is 5.11 Å². The minimum absolute atomic E-state index is 0.138. The lowest BCUT2D eigenvalue weighted by atomic mass is 10.3. The molecule has 0 bridgehead atoms. The van der Waals surface area contributed by atoms with Crippen LogP contribution in [0.3, 0.4) is 0 Å². The first-order valence-electron chi connectivity index (χ1n) is 4.25. The van der Waals surface area contributed by atoms with Crippen molar-refractivity contribution in [3.05, 3.63) is 42.5 Å². The molecule has 0 saturated heterocycles. The Balaban J connectivity index is 2.02. The molecule has 1 aromatic heterocycles. The average molecular weight is 190 g/mol. The summed E-state index contributed by atoms with van der Waals surface area (Å²) in [7, 11) is 0. The third-order valence-electron chi connectivity index (χ3n) is 1.78. The maximum atomic E-state index is 9.38. The summed E-state index contributed by atoms with van der Waals surface area (Å²) in [5.74, 6) is 1.33. The molecule has 0 aliphatic heterocycles. The van der Waals surface area contributed by atoms with Gasteiger partial charge in [-0.05, 0) is 12.1 Å². The van der Waals surface area contributed by atoms with Crippen LogP contribution in [0, 0.1) is 0 Å². The smallest absolute Gasteiger partial charge is 0.161 e. The molecule has 1 aromatic carbocycles. The van der Waals surface area contributed by atoms with Crippen LogP contribution in [0.2, 0.25) is 0 Å². The highest BCUT2D eigenvalue weighted by atomic mass is 16.5. The second kappa shape index (κ2) is 3.83. The van der Waals surface area contributed by atoms with E-state index in [0.29, 0.717) is 12.4 Å². The van der Waals surface area contributed by atoms with Gasteiger partial charge in [0.2, 0.25) is 0 Å². The molecule has 0 aliphatic carbocycles. The van der Waals surface area contributed by atoms with Crippen molar-refractivity contribution in [3.8, 4) is 11.5 Å². The highest BCUT2D eigenvalue weighted by Crippen LogP contribution is 2.24. The molecular formula is C10H10N2O2. The van der Waals surface area contributed by atoms with Crippen molar-refractivity contribution in [2.45, 2.75) is 6.61 Å². The van der Waals surface area contributed by atoms with Gasteiger partial charge in [0.05, 0.1) is 0 Å². The van der Waals surface area contributed by atoms with Gasteiger partial charge in [-0.2, -0.15) is 0 Å². The molecule has 1 heterocycles. The number of nitrogens with zero attached hydrogens (tertiary/aromatic N) is 1. The number of hydrogen-bond acceptors (Lipinski definition) is 3. The summed E-state index contributed by atoms with van der Waals surface area (Å²) in [4.78, 5) is 6.91. The largest absolute Gasteiger partial charge is 0.504 e. The Labute approximate surface area is 81.2 Å². The number of imidazole rings is 1. The number of phenolic OH excluding ortho intramolecular Hbond substituents is 1. The van der Waals surface area contributed by atoms with Crippen LogP contribution in [0.15, 0.2) is 36.7 Å². The van der Waals surface area contributed by atoms with E-state index in [2.05, 4.69) is 9.97 Å². The van der Waals surface area contributed by atoms with E-state index in [0.717, 1.165) is 5.82 Å². The number of ether oxygens (including phenoxy) is 1. The summed E-state index contributed by atoms with van der Waals surface area (Å²) in [5.41, 5.74) is 0. The van der Waals surface area contributed by atoms with E-state index in [-0.39, 0.29) is 5.75 Å². The van der Waals surface area contributed by atoms with Crippen molar-refractivity contribution in [2.24, 2.45) is 0 Å². The molecule has 0 saturated carbocycles. The highest BCUT2D eigenvalue weighted by Gasteiger charge is 2.01. The molecule has 0 atom stereocenters. The van der Waals surface area contributed by atoms with Gasteiger partial charge in [-0.3, -0.25) is 0 Å². The van der Waals surface area contributed by atoms with E-state index < -0.39 is 0 Å². The van der Waals surface area contributed by atoms with Gasteiger partial charge in [0.25, 0.3) is 0 Å². The Morgan fingerprint density at radius 2 is 2.21 bits per heavy atom. The Hall–Kier alpha value is -1.97. The van der Waals surface area contributed by atoms with Gasteiger partial charge in [0.15, 0.2) is 11.5 Å². The molecule has 14 heavy (non-hydrogen) atoms. The first-order chi connectivity index (χ1) is 6.86. The quantitative estimate of drug-likeness (QED) is 0.774. The monoisotopic (exact) mass is 190 g/mol. The zero-order valence-electron chi connectivity index (χ0n) is 7.47. The Morgan fingerprint density at radius 1 is 1.36 bits per heavy atom. The molecule has 0 radical (unpaired) electrons. The first-order valence-corrected chi connectivity index (χ1v) is 4.25. The van der Waals surface area contributed by atoms with Crippen molar-refractivity contribution in [1.29, 1.82) is 0 Å². The number of aromatic amines is 1. The number of benzene rings is 1. The van der Waals surface area contributed by atoms with Crippen molar-refractivity contribution in [3.63, 3.8) is 0 Å². The minimum atomic E-state index is 0.138. The van der Waals surface area contributed by atoms with Gasteiger partial charge >= 0.3 is 0 Å². The number of para-hydroxylation sites is 2. The molecule has 0 aliphatic rings. The summed E-state index contributed by atoms with van der Waals surface area (Å²) in [5, 5.41) is 9.38. The Bertz CT molecular complexity index is 398. The molecule has 72 valence electrons. The zero-order chi connectivity index (χ0) is 9.80. The van der Waals surface area contributed by atoms with Gasteiger partial charge in [0, 0.05) is 12.4 Å². The standard InChI is InChI=1S/C10H10N2O2/c13-8-3-1-2-4-9(8)14-7-10-11-5-6-12-10/h1-6,13H,7H2,(H,11,12). The van der Waals surface area contributed by atoms with Crippen LogP contribution in [0.1, 0.15) is 5.82 Å². The summed E-state index contributed by atoms with van der Waals surface area (Å²) in [6, 6.07) is 6.84. The maximum absolute atomic E-state index is 9.38. The van der Waals surface area contributed by atoms with E-state index in [1.165, 1.54) is 0 Å². The lowest BCUT2D eigenvalue weighted by Crippen LogP contribution is -1.97.